The van der Waals surface area contributed by atoms with E-state index >= 15 is 0 Å². The molecular formula is C14H16N2O2. The molecule has 1 aliphatic heterocycles. The van der Waals surface area contributed by atoms with Crippen molar-refractivity contribution in [2.75, 3.05) is 20.3 Å². The Balaban J connectivity index is 1.86. The minimum Gasteiger partial charge on any atom is -0.379 e. The lowest BCUT2D eigenvalue weighted by Crippen LogP contribution is -2.37. The summed E-state index contributed by atoms with van der Waals surface area (Å²) in [5.41, 5.74) is 1.64. The SMILES string of the molecule is CN(C(=O)c1cc2ccccc2[nH]1)C1CCOC1. The van der Waals surface area contributed by atoms with Crippen molar-refractivity contribution < 1.29 is 9.53 Å². The van der Waals surface area contributed by atoms with Crippen LogP contribution in [-0.2, 0) is 4.74 Å². The lowest BCUT2D eigenvalue weighted by atomic mass is 10.2. The van der Waals surface area contributed by atoms with Crippen molar-refractivity contribution in [3.63, 3.8) is 0 Å². The lowest BCUT2D eigenvalue weighted by molar-refractivity contribution is 0.0706. The van der Waals surface area contributed by atoms with Gasteiger partial charge in [-0.2, -0.15) is 0 Å². The molecule has 1 unspecified atom stereocenters. The number of aromatic nitrogens is 1. The topological polar surface area (TPSA) is 45.3 Å². The third-order valence-electron chi connectivity index (χ3n) is 3.53. The van der Waals surface area contributed by atoms with Crippen LogP contribution in [0.4, 0.5) is 0 Å². The maximum absolute atomic E-state index is 12.3. The van der Waals surface area contributed by atoms with Crippen molar-refractivity contribution in [2.24, 2.45) is 0 Å². The Morgan fingerprint density at radius 2 is 2.28 bits per heavy atom. The first-order valence-electron chi connectivity index (χ1n) is 6.18. The molecule has 3 rings (SSSR count). The molecule has 18 heavy (non-hydrogen) atoms. The highest BCUT2D eigenvalue weighted by atomic mass is 16.5. The van der Waals surface area contributed by atoms with Gasteiger partial charge in [0.2, 0.25) is 0 Å². The van der Waals surface area contributed by atoms with Gasteiger partial charge in [-0.05, 0) is 18.6 Å². The normalized spacial score (nSPS) is 19.3. The number of benzene rings is 1. The summed E-state index contributed by atoms with van der Waals surface area (Å²) in [7, 11) is 1.84. The Hall–Kier alpha value is -1.81. The van der Waals surface area contributed by atoms with Gasteiger partial charge in [0.1, 0.15) is 5.69 Å². The van der Waals surface area contributed by atoms with Crippen LogP contribution >= 0.6 is 0 Å². The molecule has 0 spiro atoms. The van der Waals surface area contributed by atoms with E-state index in [-0.39, 0.29) is 11.9 Å². The van der Waals surface area contributed by atoms with E-state index in [0.29, 0.717) is 12.3 Å². The smallest absolute Gasteiger partial charge is 0.270 e. The number of aromatic amines is 1. The molecule has 4 nitrogen and oxygen atoms in total. The van der Waals surface area contributed by atoms with Crippen molar-refractivity contribution in [3.8, 4) is 0 Å². The number of carbonyl (C=O) groups is 1. The zero-order chi connectivity index (χ0) is 12.5. The van der Waals surface area contributed by atoms with E-state index < -0.39 is 0 Å². The molecule has 94 valence electrons. The number of para-hydroxylation sites is 1. The van der Waals surface area contributed by atoms with Gasteiger partial charge in [0, 0.05) is 24.6 Å². The van der Waals surface area contributed by atoms with Crippen molar-refractivity contribution in [1.29, 1.82) is 0 Å². The van der Waals surface area contributed by atoms with Gasteiger partial charge in [-0.1, -0.05) is 18.2 Å². The van der Waals surface area contributed by atoms with E-state index in [2.05, 4.69) is 4.98 Å². The summed E-state index contributed by atoms with van der Waals surface area (Å²) in [6, 6.07) is 10.0. The van der Waals surface area contributed by atoms with Gasteiger partial charge in [-0.25, -0.2) is 0 Å². The summed E-state index contributed by atoms with van der Waals surface area (Å²) in [5.74, 6) is 0.0294. The Labute approximate surface area is 106 Å². The summed E-state index contributed by atoms with van der Waals surface area (Å²) >= 11 is 0. The van der Waals surface area contributed by atoms with Crippen LogP contribution in [0.5, 0.6) is 0 Å². The Kier molecular flexibility index (Phi) is 2.80. The van der Waals surface area contributed by atoms with Crippen LogP contribution in [0.3, 0.4) is 0 Å². The summed E-state index contributed by atoms with van der Waals surface area (Å²) in [5, 5.41) is 1.07. The molecule has 0 bridgehead atoms. The minimum atomic E-state index is 0.0294. The molecule has 0 aliphatic carbocycles. The van der Waals surface area contributed by atoms with Gasteiger partial charge < -0.3 is 14.6 Å². The molecule has 4 heteroatoms. The molecule has 1 aliphatic rings. The standard InChI is InChI=1S/C14H16N2O2/c1-16(11-6-7-18-9-11)14(17)13-8-10-4-2-3-5-12(10)15-13/h2-5,8,11,15H,6-7,9H2,1H3. The van der Waals surface area contributed by atoms with E-state index in [1.807, 2.05) is 37.4 Å². The highest BCUT2D eigenvalue weighted by Crippen LogP contribution is 2.18. The third kappa shape index (κ3) is 1.88. The average molecular weight is 244 g/mol. The second kappa shape index (κ2) is 4.46. The number of nitrogens with one attached hydrogen (secondary N) is 1. The maximum Gasteiger partial charge on any atom is 0.270 e. The Bertz CT molecular complexity index is 537. The number of rotatable bonds is 2. The van der Waals surface area contributed by atoms with E-state index in [4.69, 9.17) is 4.74 Å². The number of H-pyrrole nitrogens is 1. The van der Waals surface area contributed by atoms with Crippen molar-refractivity contribution in [1.82, 2.24) is 9.88 Å². The largest absolute Gasteiger partial charge is 0.379 e. The summed E-state index contributed by atoms with van der Waals surface area (Å²) in [6.07, 6.45) is 0.919. The highest BCUT2D eigenvalue weighted by Gasteiger charge is 2.25. The van der Waals surface area contributed by atoms with Crippen molar-refractivity contribution >= 4 is 16.8 Å². The van der Waals surface area contributed by atoms with E-state index in [0.717, 1.165) is 23.9 Å². The van der Waals surface area contributed by atoms with Crippen LogP contribution in [0.25, 0.3) is 10.9 Å². The first-order valence-corrected chi connectivity index (χ1v) is 6.18. The molecule has 1 amide bonds. The predicted molar refractivity (Wildman–Crippen MR) is 69.6 cm³/mol. The van der Waals surface area contributed by atoms with Gasteiger partial charge in [0.05, 0.1) is 12.6 Å². The fourth-order valence-electron chi connectivity index (χ4n) is 2.37. The number of amides is 1. The van der Waals surface area contributed by atoms with Crippen LogP contribution in [-0.4, -0.2) is 42.1 Å². The molecule has 1 aromatic carbocycles. The molecule has 1 saturated heterocycles. The van der Waals surface area contributed by atoms with Crippen LogP contribution in [0.2, 0.25) is 0 Å². The minimum absolute atomic E-state index is 0.0294. The maximum atomic E-state index is 12.3. The molecule has 0 radical (unpaired) electrons. The second-order valence-electron chi connectivity index (χ2n) is 4.70. The fourth-order valence-corrected chi connectivity index (χ4v) is 2.37. The molecule has 2 heterocycles. The highest BCUT2D eigenvalue weighted by molar-refractivity contribution is 5.98. The molecule has 1 aromatic heterocycles. The summed E-state index contributed by atoms with van der Waals surface area (Å²) in [6.45, 7) is 1.39. The molecule has 1 N–H and O–H groups in total. The van der Waals surface area contributed by atoms with E-state index in [9.17, 15) is 4.79 Å². The molecule has 0 saturated carbocycles. The average Bonchev–Trinajstić information content (AvgIpc) is 3.05. The van der Waals surface area contributed by atoms with Crippen LogP contribution in [0.15, 0.2) is 30.3 Å². The first-order chi connectivity index (χ1) is 8.75. The number of hydrogen-bond donors (Lipinski definition) is 1. The number of hydrogen-bond acceptors (Lipinski definition) is 2. The molecule has 1 atom stereocenters. The monoisotopic (exact) mass is 244 g/mol. The van der Waals surface area contributed by atoms with Crippen molar-refractivity contribution in [3.05, 3.63) is 36.0 Å². The Morgan fingerprint density at radius 3 is 3.00 bits per heavy atom. The predicted octanol–water partition coefficient (Wildman–Crippen LogP) is 2.03. The molecule has 1 fully saturated rings. The Morgan fingerprint density at radius 1 is 1.44 bits per heavy atom. The number of ether oxygens (including phenoxy) is 1. The van der Waals surface area contributed by atoms with E-state index in [1.165, 1.54) is 0 Å². The summed E-state index contributed by atoms with van der Waals surface area (Å²) < 4.78 is 5.32. The lowest BCUT2D eigenvalue weighted by Gasteiger charge is -2.22. The van der Waals surface area contributed by atoms with Gasteiger partial charge in [-0.3, -0.25) is 4.79 Å². The molecular weight excluding hydrogens is 228 g/mol. The van der Waals surface area contributed by atoms with Gasteiger partial charge >= 0.3 is 0 Å². The zero-order valence-electron chi connectivity index (χ0n) is 10.3. The molecule has 2 aromatic rings. The first kappa shape index (κ1) is 11.3. The number of nitrogens with zero attached hydrogens (tertiary/aromatic N) is 1. The second-order valence-corrected chi connectivity index (χ2v) is 4.70. The summed E-state index contributed by atoms with van der Waals surface area (Å²) in [4.78, 5) is 17.3. The van der Waals surface area contributed by atoms with Gasteiger partial charge in [0.25, 0.3) is 5.91 Å². The van der Waals surface area contributed by atoms with Crippen molar-refractivity contribution in [2.45, 2.75) is 12.5 Å². The van der Waals surface area contributed by atoms with Crippen LogP contribution < -0.4 is 0 Å². The third-order valence-corrected chi connectivity index (χ3v) is 3.53. The van der Waals surface area contributed by atoms with Gasteiger partial charge in [0.15, 0.2) is 0 Å². The zero-order valence-corrected chi connectivity index (χ0v) is 10.3. The number of likely N-dealkylation sites (N-methyl/N-ethyl adjacent to an activating group) is 1. The number of fused-ring (bicyclic) bond motifs is 1. The van der Waals surface area contributed by atoms with E-state index in [1.54, 1.807) is 4.90 Å². The van der Waals surface area contributed by atoms with Crippen LogP contribution in [0.1, 0.15) is 16.9 Å². The quantitative estimate of drug-likeness (QED) is 0.878. The van der Waals surface area contributed by atoms with Gasteiger partial charge in [-0.15, -0.1) is 0 Å². The van der Waals surface area contributed by atoms with Crippen LogP contribution in [0, 0.1) is 0 Å². The number of carbonyl (C=O) groups excluding carboxylic acids is 1. The fraction of sp³-hybridized carbons (Fsp3) is 0.357.